The van der Waals surface area contributed by atoms with Crippen LogP contribution in [0.4, 0.5) is 14.9 Å². The topological polar surface area (TPSA) is 55.1 Å². The minimum atomic E-state index is -0.355. The number of fused-ring (bicyclic) bond motifs is 3. The number of hydrogen-bond donors (Lipinski definition) is 1. The molecule has 3 aromatic carbocycles. The van der Waals surface area contributed by atoms with Crippen LogP contribution < -0.4 is 5.32 Å². The molecule has 1 atom stereocenters. The zero-order valence-electron chi connectivity index (χ0n) is 20.6. The predicted octanol–water partition coefficient (Wildman–Crippen LogP) is 6.56. The first kappa shape index (κ1) is 22.8. The summed E-state index contributed by atoms with van der Waals surface area (Å²) >= 11 is 0. The summed E-state index contributed by atoms with van der Waals surface area (Å²) in [5, 5.41) is 7.85. The van der Waals surface area contributed by atoms with Crippen molar-refractivity contribution in [2.45, 2.75) is 26.4 Å². The van der Waals surface area contributed by atoms with Crippen molar-refractivity contribution in [3.63, 3.8) is 0 Å². The second kappa shape index (κ2) is 9.09. The van der Waals surface area contributed by atoms with Gasteiger partial charge in [-0.05, 0) is 67.9 Å². The van der Waals surface area contributed by atoms with Crippen molar-refractivity contribution >= 4 is 11.7 Å². The maximum absolute atomic E-state index is 13.9. The number of amides is 2. The van der Waals surface area contributed by atoms with Crippen LogP contribution in [0.2, 0.25) is 0 Å². The van der Waals surface area contributed by atoms with E-state index in [0.29, 0.717) is 12.2 Å². The normalized spacial score (nSPS) is 14.6. The molecule has 0 aliphatic carbocycles. The summed E-state index contributed by atoms with van der Waals surface area (Å²) in [6, 6.07) is 27.5. The molecule has 5 aromatic rings. The molecule has 0 fully saturated rings. The fraction of sp³-hybridized carbons (Fsp3) is 0.133. The van der Waals surface area contributed by atoms with Gasteiger partial charge in [0.05, 0.1) is 29.7 Å². The lowest BCUT2D eigenvalue weighted by molar-refractivity contribution is 0.194. The Labute approximate surface area is 214 Å². The van der Waals surface area contributed by atoms with Gasteiger partial charge < -0.3 is 14.8 Å². The van der Waals surface area contributed by atoms with Crippen LogP contribution in [0.1, 0.15) is 34.1 Å². The van der Waals surface area contributed by atoms with Gasteiger partial charge in [0, 0.05) is 17.4 Å². The van der Waals surface area contributed by atoms with Gasteiger partial charge in [0.25, 0.3) is 0 Å². The molecule has 0 unspecified atom stereocenters. The first-order chi connectivity index (χ1) is 18.0. The molecule has 6 rings (SSSR count). The number of carbonyl (C=O) groups is 1. The lowest BCUT2D eigenvalue weighted by atomic mass is 10.00. The predicted molar refractivity (Wildman–Crippen MR) is 142 cm³/mol. The average molecular weight is 492 g/mol. The summed E-state index contributed by atoms with van der Waals surface area (Å²) < 4.78 is 17.6. The Morgan fingerprint density at radius 1 is 0.946 bits per heavy atom. The zero-order chi connectivity index (χ0) is 25.5. The van der Waals surface area contributed by atoms with Crippen LogP contribution >= 0.6 is 0 Å². The van der Waals surface area contributed by atoms with Gasteiger partial charge in [-0.1, -0.05) is 48.0 Å². The molecule has 0 radical (unpaired) electrons. The van der Waals surface area contributed by atoms with Gasteiger partial charge in [-0.3, -0.25) is 0 Å². The SMILES string of the molecule is Cc1cccc([C@@H]2c3cccn3-c3c(c(C)nn3-c3ccccc3)CN2C(=O)Nc2ccc(F)cc2)c1. The Kier molecular flexibility index (Phi) is 5.60. The van der Waals surface area contributed by atoms with Crippen LogP contribution in [0.3, 0.4) is 0 Å². The van der Waals surface area contributed by atoms with Gasteiger partial charge in [-0.15, -0.1) is 0 Å². The highest BCUT2D eigenvalue weighted by molar-refractivity contribution is 5.90. The number of nitrogens with one attached hydrogen (secondary N) is 1. The van der Waals surface area contributed by atoms with E-state index in [2.05, 4.69) is 28.1 Å². The molecule has 0 saturated heterocycles. The Morgan fingerprint density at radius 2 is 1.73 bits per heavy atom. The molecular formula is C30H26FN5O. The molecule has 1 aliphatic rings. The molecule has 184 valence electrons. The second-order valence-electron chi connectivity index (χ2n) is 9.32. The first-order valence-corrected chi connectivity index (χ1v) is 12.2. The lowest BCUT2D eigenvalue weighted by Crippen LogP contribution is -2.38. The molecule has 2 amide bonds. The molecule has 6 nitrogen and oxygen atoms in total. The van der Waals surface area contributed by atoms with Crippen LogP contribution in [-0.4, -0.2) is 25.3 Å². The Bertz CT molecular complexity index is 1590. The van der Waals surface area contributed by atoms with Crippen molar-refractivity contribution in [1.29, 1.82) is 0 Å². The molecule has 3 heterocycles. The number of benzene rings is 3. The van der Waals surface area contributed by atoms with E-state index in [1.165, 1.54) is 12.1 Å². The van der Waals surface area contributed by atoms with Gasteiger partial charge >= 0.3 is 6.03 Å². The maximum atomic E-state index is 13.9. The monoisotopic (exact) mass is 491 g/mol. The Morgan fingerprint density at radius 3 is 2.49 bits per heavy atom. The quantitative estimate of drug-likeness (QED) is 0.311. The van der Waals surface area contributed by atoms with E-state index in [-0.39, 0.29) is 17.9 Å². The highest BCUT2D eigenvalue weighted by Gasteiger charge is 2.36. The van der Waals surface area contributed by atoms with E-state index in [0.717, 1.165) is 39.6 Å². The number of urea groups is 1. The van der Waals surface area contributed by atoms with Crippen LogP contribution in [0.5, 0.6) is 0 Å². The number of carbonyl (C=O) groups excluding carboxylic acids is 1. The number of aryl methyl sites for hydroxylation is 2. The van der Waals surface area contributed by atoms with Crippen molar-refractivity contribution < 1.29 is 9.18 Å². The van der Waals surface area contributed by atoms with Gasteiger partial charge in [0.1, 0.15) is 11.6 Å². The summed E-state index contributed by atoms with van der Waals surface area (Å²) in [4.78, 5) is 15.7. The van der Waals surface area contributed by atoms with E-state index in [1.54, 1.807) is 12.1 Å². The first-order valence-electron chi connectivity index (χ1n) is 12.2. The Hall–Kier alpha value is -4.65. The molecule has 0 spiro atoms. The fourth-order valence-electron chi connectivity index (χ4n) is 5.07. The van der Waals surface area contributed by atoms with Crippen LogP contribution in [0, 0.1) is 19.7 Å². The molecule has 2 aromatic heterocycles. The molecular weight excluding hydrogens is 465 g/mol. The summed E-state index contributed by atoms with van der Waals surface area (Å²) in [5.41, 5.74) is 6.37. The van der Waals surface area contributed by atoms with Gasteiger partial charge in [-0.2, -0.15) is 5.10 Å². The molecule has 0 saturated carbocycles. The molecule has 1 aliphatic heterocycles. The maximum Gasteiger partial charge on any atom is 0.322 e. The van der Waals surface area contributed by atoms with E-state index >= 15 is 0 Å². The third-order valence-corrected chi connectivity index (χ3v) is 6.80. The van der Waals surface area contributed by atoms with E-state index < -0.39 is 0 Å². The summed E-state index contributed by atoms with van der Waals surface area (Å²) in [6.45, 7) is 4.38. The minimum Gasteiger partial charge on any atom is -0.308 e. The zero-order valence-corrected chi connectivity index (χ0v) is 20.6. The number of halogens is 1. The number of anilines is 1. The van der Waals surface area contributed by atoms with Crippen molar-refractivity contribution in [3.05, 3.63) is 131 Å². The van der Waals surface area contributed by atoms with Crippen molar-refractivity contribution in [3.8, 4) is 11.5 Å². The van der Waals surface area contributed by atoms with Gasteiger partial charge in [0.2, 0.25) is 0 Å². The van der Waals surface area contributed by atoms with Crippen LogP contribution in [-0.2, 0) is 6.54 Å². The summed E-state index contributed by atoms with van der Waals surface area (Å²) in [6.07, 6.45) is 2.03. The largest absolute Gasteiger partial charge is 0.322 e. The molecule has 7 heteroatoms. The summed E-state index contributed by atoms with van der Waals surface area (Å²) in [5.74, 6) is 0.565. The Balaban J connectivity index is 1.53. The van der Waals surface area contributed by atoms with Gasteiger partial charge in [0.15, 0.2) is 0 Å². The third kappa shape index (κ3) is 4.08. The van der Waals surface area contributed by atoms with E-state index in [1.807, 2.05) is 78.2 Å². The van der Waals surface area contributed by atoms with Crippen LogP contribution in [0.15, 0.2) is 97.2 Å². The average Bonchev–Trinajstić information content (AvgIpc) is 3.46. The van der Waals surface area contributed by atoms with Crippen LogP contribution in [0.25, 0.3) is 11.5 Å². The fourth-order valence-corrected chi connectivity index (χ4v) is 5.07. The van der Waals surface area contributed by atoms with Crippen molar-refractivity contribution in [2.24, 2.45) is 0 Å². The number of nitrogens with zero attached hydrogens (tertiary/aromatic N) is 4. The minimum absolute atomic E-state index is 0.273. The number of aromatic nitrogens is 3. The number of hydrogen-bond acceptors (Lipinski definition) is 2. The molecule has 0 bridgehead atoms. The smallest absolute Gasteiger partial charge is 0.308 e. The lowest BCUT2D eigenvalue weighted by Gasteiger charge is -2.31. The molecule has 1 N–H and O–H groups in total. The third-order valence-electron chi connectivity index (χ3n) is 6.80. The summed E-state index contributed by atoms with van der Waals surface area (Å²) in [7, 11) is 0. The van der Waals surface area contributed by atoms with Crippen molar-refractivity contribution in [2.75, 3.05) is 5.32 Å². The van der Waals surface area contributed by atoms with Gasteiger partial charge in [-0.25, -0.2) is 13.9 Å². The second-order valence-corrected chi connectivity index (χ2v) is 9.32. The molecule has 37 heavy (non-hydrogen) atoms. The van der Waals surface area contributed by atoms with E-state index in [9.17, 15) is 9.18 Å². The number of para-hydroxylation sites is 1. The number of rotatable bonds is 3. The van der Waals surface area contributed by atoms with Crippen molar-refractivity contribution in [1.82, 2.24) is 19.2 Å². The van der Waals surface area contributed by atoms with E-state index in [4.69, 9.17) is 5.10 Å². The standard InChI is InChI=1S/C30H26FN5O/c1-20-8-6-9-22(18-20)28-27-12-7-17-34(27)29-26(21(2)33-36(29)25-10-4-3-5-11-25)19-35(28)30(37)32-24-15-13-23(31)14-16-24/h3-18,28H,19H2,1-2H3,(H,32,37)/t28-/m1/s1. The highest BCUT2D eigenvalue weighted by Crippen LogP contribution is 2.39. The highest BCUT2D eigenvalue weighted by atomic mass is 19.1.